The van der Waals surface area contributed by atoms with Crippen LogP contribution in [-0.2, 0) is 18.9 Å². The molecule has 2 bridgehead atoms. The molecule has 1 aromatic rings. The maximum atomic E-state index is 12.9. The lowest BCUT2D eigenvalue weighted by Crippen LogP contribution is -2.57. The van der Waals surface area contributed by atoms with Gasteiger partial charge in [-0.25, -0.2) is 0 Å². The second kappa shape index (κ2) is 5.40. The van der Waals surface area contributed by atoms with Gasteiger partial charge in [-0.15, -0.1) is 0 Å². The van der Waals surface area contributed by atoms with Crippen LogP contribution in [0.4, 0.5) is 26.3 Å². The van der Waals surface area contributed by atoms with Crippen LogP contribution in [0.2, 0.25) is 0 Å². The largest absolute Gasteiger partial charge is 0.416 e. The molecule has 128 valence electrons. The minimum absolute atomic E-state index is 0.132. The molecule has 0 aliphatic carbocycles. The number of alkyl halides is 6. The number of piperidine rings is 3. The van der Waals surface area contributed by atoms with Gasteiger partial charge in [-0.1, -0.05) is 0 Å². The second-order valence-corrected chi connectivity index (χ2v) is 6.82. The zero-order valence-corrected chi connectivity index (χ0v) is 12.5. The van der Waals surface area contributed by atoms with Gasteiger partial charge in [0.25, 0.3) is 0 Å². The molecule has 0 atom stereocenters. The molecule has 4 rings (SSSR count). The number of halogens is 6. The van der Waals surface area contributed by atoms with Crippen molar-refractivity contribution < 1.29 is 30.8 Å². The molecule has 0 saturated carbocycles. The molecule has 0 spiro atoms. The molecule has 1 aromatic carbocycles. The molecule has 1 nitrogen and oxygen atoms in total. The standard InChI is InChI=1S/C16H18F6N/c17-15(18,19)13-7-12(8-14(9-13)16(20,21)22)10-23-4-1-11(2-5-23)3-6-23/h7-9,11H,1-6,10H2/q+1. The molecule has 3 saturated heterocycles. The SMILES string of the molecule is FC(F)(F)c1cc(C[N+]23CCC(CC2)CC3)cc(C(F)(F)F)c1. The van der Waals surface area contributed by atoms with E-state index in [4.69, 9.17) is 0 Å². The van der Waals surface area contributed by atoms with Gasteiger partial charge in [0.05, 0.1) is 30.8 Å². The third-order valence-electron chi connectivity index (χ3n) is 5.20. The van der Waals surface area contributed by atoms with Gasteiger partial charge >= 0.3 is 12.4 Å². The van der Waals surface area contributed by atoms with Crippen LogP contribution in [0.25, 0.3) is 0 Å². The topological polar surface area (TPSA) is 0 Å². The van der Waals surface area contributed by atoms with Crippen molar-refractivity contribution in [3.8, 4) is 0 Å². The fraction of sp³-hybridized carbons (Fsp3) is 0.625. The molecular formula is C16H18F6N+. The van der Waals surface area contributed by atoms with E-state index in [1.165, 1.54) is 0 Å². The van der Waals surface area contributed by atoms with Crippen LogP contribution in [0.3, 0.4) is 0 Å². The summed E-state index contributed by atoms with van der Waals surface area (Å²) in [5, 5.41) is 0. The number of benzene rings is 1. The van der Waals surface area contributed by atoms with Crippen molar-refractivity contribution in [2.24, 2.45) is 5.92 Å². The molecule has 0 aromatic heterocycles. The Morgan fingerprint density at radius 2 is 1.22 bits per heavy atom. The smallest absolute Gasteiger partial charge is 0.320 e. The van der Waals surface area contributed by atoms with Crippen molar-refractivity contribution in [1.29, 1.82) is 0 Å². The molecular weight excluding hydrogens is 320 g/mol. The maximum Gasteiger partial charge on any atom is 0.416 e. The first kappa shape index (κ1) is 16.6. The van der Waals surface area contributed by atoms with E-state index in [0.717, 1.165) is 51.0 Å². The Morgan fingerprint density at radius 1 is 0.783 bits per heavy atom. The first-order valence-corrected chi connectivity index (χ1v) is 7.71. The Balaban J connectivity index is 1.94. The molecule has 0 radical (unpaired) electrons. The summed E-state index contributed by atoms with van der Waals surface area (Å²) < 4.78 is 78.2. The number of fused-ring (bicyclic) bond motifs is 3. The Kier molecular flexibility index (Phi) is 3.90. The van der Waals surface area contributed by atoms with E-state index in [1.54, 1.807) is 0 Å². The number of rotatable bonds is 2. The van der Waals surface area contributed by atoms with Gasteiger partial charge in [0.1, 0.15) is 6.54 Å². The predicted octanol–water partition coefficient (Wildman–Crippen LogP) is 4.85. The summed E-state index contributed by atoms with van der Waals surface area (Å²) in [5.74, 6) is 0.683. The molecule has 23 heavy (non-hydrogen) atoms. The van der Waals surface area contributed by atoms with Crippen LogP contribution in [0.1, 0.15) is 36.0 Å². The highest BCUT2D eigenvalue weighted by Crippen LogP contribution is 2.39. The normalized spacial score (nSPS) is 28.2. The average molecular weight is 338 g/mol. The van der Waals surface area contributed by atoms with Gasteiger partial charge in [-0.05, 0) is 43.4 Å². The first-order chi connectivity index (χ1) is 10.6. The van der Waals surface area contributed by atoms with Crippen molar-refractivity contribution in [1.82, 2.24) is 0 Å². The summed E-state index contributed by atoms with van der Waals surface area (Å²) in [6.07, 6.45) is -6.49. The van der Waals surface area contributed by atoms with Crippen LogP contribution in [0, 0.1) is 5.92 Å². The molecule has 3 aliphatic heterocycles. The van der Waals surface area contributed by atoms with Crippen LogP contribution in [0.5, 0.6) is 0 Å². The highest BCUT2D eigenvalue weighted by molar-refractivity contribution is 5.33. The Labute approximate surface area is 130 Å². The van der Waals surface area contributed by atoms with E-state index in [-0.39, 0.29) is 18.2 Å². The summed E-state index contributed by atoms with van der Waals surface area (Å²) in [6.45, 7) is 2.80. The Bertz CT molecular complexity index is 535. The number of hydrogen-bond acceptors (Lipinski definition) is 0. The van der Waals surface area contributed by atoms with Gasteiger partial charge in [-0.2, -0.15) is 26.3 Å². The minimum atomic E-state index is -4.77. The predicted molar refractivity (Wildman–Crippen MR) is 72.4 cm³/mol. The average Bonchev–Trinajstić information content (AvgIpc) is 2.46. The lowest BCUT2D eigenvalue weighted by atomic mass is 9.85. The van der Waals surface area contributed by atoms with Gasteiger partial charge in [-0.3, -0.25) is 0 Å². The third kappa shape index (κ3) is 3.49. The zero-order chi connectivity index (χ0) is 16.9. The van der Waals surface area contributed by atoms with E-state index in [9.17, 15) is 26.3 Å². The maximum absolute atomic E-state index is 12.9. The van der Waals surface area contributed by atoms with Crippen molar-refractivity contribution in [3.63, 3.8) is 0 Å². The highest BCUT2D eigenvalue weighted by Gasteiger charge is 2.41. The van der Waals surface area contributed by atoms with E-state index >= 15 is 0 Å². The minimum Gasteiger partial charge on any atom is -0.320 e. The molecule has 7 heteroatoms. The fourth-order valence-electron chi connectivity index (χ4n) is 3.87. The van der Waals surface area contributed by atoms with Crippen molar-refractivity contribution in [3.05, 3.63) is 34.9 Å². The molecule has 0 amide bonds. The Morgan fingerprint density at radius 3 is 1.61 bits per heavy atom. The number of nitrogens with zero attached hydrogens (tertiary/aromatic N) is 1. The molecule has 3 heterocycles. The van der Waals surface area contributed by atoms with Crippen molar-refractivity contribution in [2.45, 2.75) is 38.2 Å². The Hall–Kier alpha value is -1.24. The molecule has 0 unspecified atom stereocenters. The van der Waals surface area contributed by atoms with Gasteiger partial charge in [0, 0.05) is 5.56 Å². The monoisotopic (exact) mass is 338 g/mol. The zero-order valence-electron chi connectivity index (χ0n) is 12.5. The van der Waals surface area contributed by atoms with Crippen molar-refractivity contribution >= 4 is 0 Å². The first-order valence-electron chi connectivity index (χ1n) is 7.71. The lowest BCUT2D eigenvalue weighted by Gasteiger charge is -2.49. The molecule has 3 fully saturated rings. The molecule has 0 N–H and O–H groups in total. The van der Waals surface area contributed by atoms with Gasteiger partial charge in [0.15, 0.2) is 0 Å². The van der Waals surface area contributed by atoms with Crippen LogP contribution in [-0.4, -0.2) is 24.1 Å². The molecule has 3 aliphatic rings. The number of quaternary nitrogens is 1. The van der Waals surface area contributed by atoms with E-state index in [1.807, 2.05) is 0 Å². The summed E-state index contributed by atoms with van der Waals surface area (Å²) in [5.41, 5.74) is -2.30. The van der Waals surface area contributed by atoms with E-state index < -0.39 is 23.5 Å². The highest BCUT2D eigenvalue weighted by atomic mass is 19.4. The fourth-order valence-corrected chi connectivity index (χ4v) is 3.87. The second-order valence-electron chi connectivity index (χ2n) is 6.82. The van der Waals surface area contributed by atoms with Gasteiger partial charge in [0.2, 0.25) is 0 Å². The van der Waals surface area contributed by atoms with Crippen LogP contribution in [0.15, 0.2) is 18.2 Å². The summed E-state index contributed by atoms with van der Waals surface area (Å²) >= 11 is 0. The summed E-state index contributed by atoms with van der Waals surface area (Å²) in [6, 6.07) is 1.96. The summed E-state index contributed by atoms with van der Waals surface area (Å²) in [4.78, 5) is 0. The van der Waals surface area contributed by atoms with Crippen LogP contribution >= 0.6 is 0 Å². The van der Waals surface area contributed by atoms with Crippen LogP contribution < -0.4 is 0 Å². The number of hydrogen-bond donors (Lipinski definition) is 0. The summed E-state index contributed by atoms with van der Waals surface area (Å²) in [7, 11) is 0. The van der Waals surface area contributed by atoms with E-state index in [0.29, 0.717) is 10.4 Å². The quantitative estimate of drug-likeness (QED) is 0.534. The van der Waals surface area contributed by atoms with Crippen molar-refractivity contribution in [2.75, 3.05) is 19.6 Å². The van der Waals surface area contributed by atoms with Gasteiger partial charge < -0.3 is 4.48 Å². The van der Waals surface area contributed by atoms with E-state index in [2.05, 4.69) is 0 Å². The third-order valence-corrected chi connectivity index (χ3v) is 5.20. The lowest BCUT2D eigenvalue weighted by molar-refractivity contribution is -0.955.